The molecule has 0 aliphatic heterocycles. The van der Waals surface area contributed by atoms with Crippen LogP contribution in [0, 0.1) is 0 Å². The summed E-state index contributed by atoms with van der Waals surface area (Å²) in [4.78, 5) is 0. The highest BCUT2D eigenvalue weighted by atomic mass is 16.4. The van der Waals surface area contributed by atoms with E-state index in [1.54, 1.807) is 24.3 Å². The van der Waals surface area contributed by atoms with Crippen molar-refractivity contribution in [1.82, 2.24) is 0 Å². The highest BCUT2D eigenvalue weighted by molar-refractivity contribution is 6.58. The number of hydrogen-bond donors (Lipinski definition) is 3. The Bertz CT molecular complexity index is 515. The maximum Gasteiger partial charge on any atom is 0.488 e. The minimum absolute atomic E-state index is 0.445. The standard InChI is InChI=1S/C12H11B2O3/c15-13-11-5-1-3-9(7-11)10-4-2-6-12(8-10)14(16)17/h1-8,15-17H. The van der Waals surface area contributed by atoms with Crippen molar-refractivity contribution in [2.45, 2.75) is 0 Å². The first-order chi connectivity index (χ1) is 8.20. The van der Waals surface area contributed by atoms with Crippen LogP contribution in [-0.4, -0.2) is 29.7 Å². The molecule has 2 rings (SSSR count). The lowest BCUT2D eigenvalue weighted by Gasteiger charge is -2.06. The van der Waals surface area contributed by atoms with Crippen LogP contribution in [0.25, 0.3) is 11.1 Å². The molecule has 3 N–H and O–H groups in total. The van der Waals surface area contributed by atoms with E-state index in [1.807, 2.05) is 24.3 Å². The molecule has 83 valence electrons. The quantitative estimate of drug-likeness (QED) is 0.603. The lowest BCUT2D eigenvalue weighted by Crippen LogP contribution is -2.29. The molecule has 0 aliphatic rings. The molecule has 17 heavy (non-hydrogen) atoms. The van der Waals surface area contributed by atoms with Crippen LogP contribution in [0.2, 0.25) is 0 Å². The Labute approximate surface area is 101 Å². The Balaban J connectivity index is 2.41. The Morgan fingerprint density at radius 2 is 1.53 bits per heavy atom. The second-order valence-corrected chi connectivity index (χ2v) is 3.75. The summed E-state index contributed by atoms with van der Waals surface area (Å²) in [6.07, 6.45) is 0. The van der Waals surface area contributed by atoms with Crippen LogP contribution in [-0.2, 0) is 0 Å². The fourth-order valence-electron chi connectivity index (χ4n) is 1.68. The van der Waals surface area contributed by atoms with E-state index in [0.717, 1.165) is 18.6 Å². The molecule has 0 atom stereocenters. The van der Waals surface area contributed by atoms with Gasteiger partial charge < -0.3 is 15.1 Å². The van der Waals surface area contributed by atoms with E-state index >= 15 is 0 Å². The van der Waals surface area contributed by atoms with Gasteiger partial charge in [0.2, 0.25) is 0 Å². The predicted molar refractivity (Wildman–Crippen MR) is 69.3 cm³/mol. The summed E-state index contributed by atoms with van der Waals surface area (Å²) in [6.45, 7) is 0. The molecule has 1 radical (unpaired) electrons. The number of benzene rings is 2. The molecule has 0 heterocycles. The first-order valence-electron chi connectivity index (χ1n) is 5.24. The molecule has 2 aromatic carbocycles. The second kappa shape index (κ2) is 5.19. The van der Waals surface area contributed by atoms with Crippen LogP contribution in [0.3, 0.4) is 0 Å². The van der Waals surface area contributed by atoms with Crippen molar-refractivity contribution in [1.29, 1.82) is 0 Å². The van der Waals surface area contributed by atoms with Gasteiger partial charge in [-0.3, -0.25) is 0 Å². The molecular weight excluding hydrogens is 214 g/mol. The summed E-state index contributed by atoms with van der Waals surface area (Å²) in [5.41, 5.74) is 2.94. The Morgan fingerprint density at radius 3 is 2.18 bits per heavy atom. The van der Waals surface area contributed by atoms with E-state index in [2.05, 4.69) is 0 Å². The number of hydrogen-bond acceptors (Lipinski definition) is 3. The summed E-state index contributed by atoms with van der Waals surface area (Å²) in [6, 6.07) is 14.3. The molecule has 0 aromatic heterocycles. The normalized spacial score (nSPS) is 10.1. The van der Waals surface area contributed by atoms with Gasteiger partial charge in [0.1, 0.15) is 0 Å². The van der Waals surface area contributed by atoms with E-state index < -0.39 is 7.12 Å². The van der Waals surface area contributed by atoms with Gasteiger partial charge in [-0.15, -0.1) is 0 Å². The van der Waals surface area contributed by atoms with Crippen LogP contribution >= 0.6 is 0 Å². The van der Waals surface area contributed by atoms with Crippen LogP contribution in [0.15, 0.2) is 48.5 Å². The van der Waals surface area contributed by atoms with Crippen molar-refractivity contribution in [2.24, 2.45) is 0 Å². The minimum atomic E-state index is -1.47. The summed E-state index contributed by atoms with van der Waals surface area (Å²) in [5, 5.41) is 27.2. The van der Waals surface area contributed by atoms with E-state index in [-0.39, 0.29) is 0 Å². The van der Waals surface area contributed by atoms with Gasteiger partial charge in [-0.05, 0) is 16.6 Å². The van der Waals surface area contributed by atoms with Gasteiger partial charge in [0.15, 0.2) is 0 Å². The van der Waals surface area contributed by atoms with Crippen molar-refractivity contribution in [2.75, 3.05) is 0 Å². The topological polar surface area (TPSA) is 60.7 Å². The predicted octanol–water partition coefficient (Wildman–Crippen LogP) is -0.730. The van der Waals surface area contributed by atoms with Crippen molar-refractivity contribution in [3.8, 4) is 11.1 Å². The Hall–Kier alpha value is -1.55. The van der Waals surface area contributed by atoms with Crippen LogP contribution in [0.5, 0.6) is 0 Å². The largest absolute Gasteiger partial charge is 0.488 e. The highest BCUT2D eigenvalue weighted by Crippen LogP contribution is 2.16. The van der Waals surface area contributed by atoms with Gasteiger partial charge >= 0.3 is 14.6 Å². The molecule has 5 heteroatoms. The number of rotatable bonds is 3. The van der Waals surface area contributed by atoms with Crippen molar-refractivity contribution in [3.63, 3.8) is 0 Å². The molecule has 3 nitrogen and oxygen atoms in total. The third-order valence-electron chi connectivity index (χ3n) is 2.55. The summed E-state index contributed by atoms with van der Waals surface area (Å²) in [5.74, 6) is 0. The average molecular weight is 225 g/mol. The smallest absolute Gasteiger partial charge is 0.450 e. The third-order valence-corrected chi connectivity index (χ3v) is 2.55. The SMILES string of the molecule is O[B]c1cccc(-c2cccc(B(O)O)c2)c1. The van der Waals surface area contributed by atoms with Crippen LogP contribution < -0.4 is 10.9 Å². The Morgan fingerprint density at radius 1 is 0.882 bits per heavy atom. The summed E-state index contributed by atoms with van der Waals surface area (Å²) in [7, 11) is -0.434. The fraction of sp³-hybridized carbons (Fsp3) is 0. The molecule has 0 aliphatic carbocycles. The first-order valence-corrected chi connectivity index (χ1v) is 5.24. The molecule has 0 saturated carbocycles. The van der Waals surface area contributed by atoms with Crippen LogP contribution in [0.4, 0.5) is 0 Å². The lowest BCUT2D eigenvalue weighted by atomic mass is 9.78. The lowest BCUT2D eigenvalue weighted by molar-refractivity contribution is 0.426. The first kappa shape index (κ1) is 11.9. The molecular formula is C12H11B2O3. The molecule has 0 unspecified atom stereocenters. The zero-order chi connectivity index (χ0) is 12.3. The molecule has 0 fully saturated rings. The Kier molecular flexibility index (Phi) is 3.64. The van der Waals surface area contributed by atoms with Gasteiger partial charge in [-0.1, -0.05) is 54.0 Å². The van der Waals surface area contributed by atoms with Crippen molar-refractivity contribution in [3.05, 3.63) is 48.5 Å². The zero-order valence-electron chi connectivity index (χ0n) is 9.12. The van der Waals surface area contributed by atoms with Gasteiger partial charge in [-0.2, -0.15) is 0 Å². The van der Waals surface area contributed by atoms with E-state index in [9.17, 15) is 0 Å². The maximum atomic E-state index is 9.11. The van der Waals surface area contributed by atoms with E-state index in [4.69, 9.17) is 15.1 Å². The summed E-state index contributed by atoms with van der Waals surface area (Å²) < 4.78 is 0. The molecule has 0 saturated heterocycles. The molecule has 2 aromatic rings. The van der Waals surface area contributed by atoms with Gasteiger partial charge in [-0.25, -0.2) is 0 Å². The van der Waals surface area contributed by atoms with E-state index in [1.165, 1.54) is 0 Å². The van der Waals surface area contributed by atoms with Gasteiger partial charge in [0, 0.05) is 0 Å². The molecule has 0 bridgehead atoms. The fourth-order valence-corrected chi connectivity index (χ4v) is 1.68. The average Bonchev–Trinajstić information content (AvgIpc) is 2.39. The maximum absolute atomic E-state index is 9.11. The zero-order valence-corrected chi connectivity index (χ0v) is 9.12. The molecule has 0 amide bonds. The minimum Gasteiger partial charge on any atom is -0.450 e. The second-order valence-electron chi connectivity index (χ2n) is 3.75. The van der Waals surface area contributed by atoms with Gasteiger partial charge in [0.25, 0.3) is 0 Å². The highest BCUT2D eigenvalue weighted by Gasteiger charge is 2.11. The molecule has 0 spiro atoms. The van der Waals surface area contributed by atoms with Crippen molar-refractivity contribution >= 4 is 25.5 Å². The summed E-state index contributed by atoms with van der Waals surface area (Å²) >= 11 is 0. The third kappa shape index (κ3) is 2.77. The van der Waals surface area contributed by atoms with Crippen LogP contribution in [0.1, 0.15) is 0 Å². The van der Waals surface area contributed by atoms with E-state index in [0.29, 0.717) is 10.9 Å². The monoisotopic (exact) mass is 225 g/mol. The van der Waals surface area contributed by atoms with Gasteiger partial charge in [0.05, 0.1) is 0 Å². The van der Waals surface area contributed by atoms with Crippen molar-refractivity contribution < 1.29 is 15.1 Å².